The van der Waals surface area contributed by atoms with Gasteiger partial charge in [0, 0.05) is 6.92 Å². The molecule has 0 rings (SSSR count). The third kappa shape index (κ3) is 5.96. The molecule has 0 amide bonds. The van der Waals surface area contributed by atoms with Crippen molar-refractivity contribution in [3.63, 3.8) is 0 Å². The first-order valence-corrected chi connectivity index (χ1v) is 4.55. The lowest BCUT2D eigenvalue weighted by atomic mass is 10.1. The molecule has 0 aliphatic carbocycles. The van der Waals surface area contributed by atoms with Gasteiger partial charge >= 0.3 is 5.97 Å². The summed E-state index contributed by atoms with van der Waals surface area (Å²) in [6.45, 7) is 5.65. The van der Waals surface area contributed by atoms with Crippen LogP contribution in [0.25, 0.3) is 0 Å². The van der Waals surface area contributed by atoms with Crippen molar-refractivity contribution in [1.29, 1.82) is 0 Å². The lowest BCUT2D eigenvalue weighted by molar-refractivity contribution is -0.135. The van der Waals surface area contributed by atoms with Crippen LogP contribution in [0.3, 0.4) is 0 Å². The van der Waals surface area contributed by atoms with Crippen LogP contribution in [0, 0.1) is 0 Å². The molecule has 0 aromatic rings. The van der Waals surface area contributed by atoms with E-state index in [9.17, 15) is 4.79 Å². The Bertz CT molecular complexity index is 159. The van der Waals surface area contributed by atoms with Crippen LogP contribution in [0.5, 0.6) is 0 Å². The van der Waals surface area contributed by atoms with E-state index in [0.717, 1.165) is 12.8 Å². The molecule has 0 aromatic carbocycles. The van der Waals surface area contributed by atoms with E-state index in [1.165, 1.54) is 25.3 Å². The summed E-state index contributed by atoms with van der Waals surface area (Å²) in [6.07, 6.45) is 5.95. The lowest BCUT2D eigenvalue weighted by Gasteiger charge is -2.02. The maximum Gasteiger partial charge on any atom is 0.307 e. The van der Waals surface area contributed by atoms with E-state index in [0.29, 0.717) is 0 Å². The summed E-state index contributed by atoms with van der Waals surface area (Å²) >= 11 is 0. The van der Waals surface area contributed by atoms with Crippen LogP contribution >= 0.6 is 0 Å². The molecule has 12 heavy (non-hydrogen) atoms. The number of hydrogen-bond acceptors (Lipinski definition) is 2. The molecule has 0 N–H and O–H groups in total. The van der Waals surface area contributed by atoms with Gasteiger partial charge < -0.3 is 4.74 Å². The number of carbonyl (C=O) groups is 1. The second kappa shape index (κ2) is 6.89. The summed E-state index contributed by atoms with van der Waals surface area (Å²) in [5.74, 6) is -0.238. The van der Waals surface area contributed by atoms with Gasteiger partial charge in [-0.15, -0.1) is 0 Å². The lowest BCUT2D eigenvalue weighted by Crippen LogP contribution is -1.92. The van der Waals surface area contributed by atoms with Gasteiger partial charge in [-0.1, -0.05) is 20.3 Å². The molecule has 70 valence electrons. The Morgan fingerprint density at radius 2 is 2.08 bits per heavy atom. The minimum absolute atomic E-state index is 0.238. The second-order valence-corrected chi connectivity index (χ2v) is 2.84. The molecule has 0 saturated heterocycles. The highest BCUT2D eigenvalue weighted by Gasteiger charge is 1.95. The molecule has 0 spiro atoms. The van der Waals surface area contributed by atoms with Crippen molar-refractivity contribution in [2.75, 3.05) is 0 Å². The molecule has 0 aliphatic rings. The zero-order valence-corrected chi connectivity index (χ0v) is 8.22. The number of esters is 1. The molecule has 0 fully saturated rings. The van der Waals surface area contributed by atoms with Crippen molar-refractivity contribution >= 4 is 5.97 Å². The molecule has 0 aromatic heterocycles. The van der Waals surface area contributed by atoms with E-state index in [-0.39, 0.29) is 5.97 Å². The smallest absolute Gasteiger partial charge is 0.307 e. The number of hydrogen-bond donors (Lipinski definition) is 0. The molecular formula is C10H18O2. The minimum Gasteiger partial charge on any atom is -0.435 e. The molecular weight excluding hydrogens is 152 g/mol. The topological polar surface area (TPSA) is 26.3 Å². The van der Waals surface area contributed by atoms with E-state index in [1.54, 1.807) is 6.26 Å². The Labute approximate surface area is 74.6 Å². The summed E-state index contributed by atoms with van der Waals surface area (Å²) in [6, 6.07) is 0. The number of rotatable bonds is 5. The largest absolute Gasteiger partial charge is 0.435 e. The molecule has 0 heterocycles. The van der Waals surface area contributed by atoms with Crippen molar-refractivity contribution in [2.24, 2.45) is 0 Å². The maximum atomic E-state index is 10.5. The molecule has 2 heteroatoms. The average molecular weight is 170 g/mol. The zero-order valence-electron chi connectivity index (χ0n) is 8.22. The van der Waals surface area contributed by atoms with E-state index in [2.05, 4.69) is 13.8 Å². The van der Waals surface area contributed by atoms with Gasteiger partial charge in [-0.05, 0) is 24.8 Å². The molecule has 0 bridgehead atoms. The van der Waals surface area contributed by atoms with Gasteiger partial charge in [0.25, 0.3) is 0 Å². The van der Waals surface area contributed by atoms with Gasteiger partial charge in [0.1, 0.15) is 0 Å². The number of carbonyl (C=O) groups excluding carboxylic acids is 1. The zero-order chi connectivity index (χ0) is 9.40. The van der Waals surface area contributed by atoms with E-state index < -0.39 is 0 Å². The first-order valence-electron chi connectivity index (χ1n) is 4.55. The summed E-state index contributed by atoms with van der Waals surface area (Å²) < 4.78 is 4.79. The highest BCUT2D eigenvalue weighted by atomic mass is 16.5. The molecule has 2 nitrogen and oxygen atoms in total. The van der Waals surface area contributed by atoms with Crippen LogP contribution in [0.1, 0.15) is 46.5 Å². The first-order chi connectivity index (χ1) is 5.70. The summed E-state index contributed by atoms with van der Waals surface area (Å²) in [5, 5.41) is 0. The van der Waals surface area contributed by atoms with Crippen LogP contribution in [0.15, 0.2) is 11.8 Å². The van der Waals surface area contributed by atoms with Gasteiger partial charge in [-0.3, -0.25) is 4.79 Å². The first kappa shape index (κ1) is 11.2. The van der Waals surface area contributed by atoms with Crippen molar-refractivity contribution in [3.8, 4) is 0 Å². The van der Waals surface area contributed by atoms with Crippen LogP contribution in [-0.2, 0) is 9.53 Å². The van der Waals surface area contributed by atoms with E-state index >= 15 is 0 Å². The normalized spacial score (nSPS) is 11.4. The SMILES string of the molecule is CCCCC(=COC(C)=O)CC. The number of allylic oxidation sites excluding steroid dienone is 1. The van der Waals surface area contributed by atoms with Crippen LogP contribution in [0.2, 0.25) is 0 Å². The Hall–Kier alpha value is -0.790. The van der Waals surface area contributed by atoms with Gasteiger partial charge in [-0.2, -0.15) is 0 Å². The van der Waals surface area contributed by atoms with Crippen molar-refractivity contribution in [1.82, 2.24) is 0 Å². The monoisotopic (exact) mass is 170 g/mol. The van der Waals surface area contributed by atoms with Gasteiger partial charge in [0.15, 0.2) is 0 Å². The van der Waals surface area contributed by atoms with Crippen molar-refractivity contribution < 1.29 is 9.53 Å². The summed E-state index contributed by atoms with van der Waals surface area (Å²) in [5.41, 5.74) is 1.21. The van der Waals surface area contributed by atoms with Crippen LogP contribution in [-0.4, -0.2) is 5.97 Å². The molecule has 0 atom stereocenters. The highest BCUT2D eigenvalue weighted by molar-refractivity contribution is 5.66. The minimum atomic E-state index is -0.238. The Morgan fingerprint density at radius 1 is 1.42 bits per heavy atom. The van der Waals surface area contributed by atoms with Gasteiger partial charge in [-0.25, -0.2) is 0 Å². The third-order valence-corrected chi connectivity index (χ3v) is 1.70. The Morgan fingerprint density at radius 3 is 2.50 bits per heavy atom. The Kier molecular flexibility index (Phi) is 6.44. The fourth-order valence-electron chi connectivity index (χ4n) is 0.889. The van der Waals surface area contributed by atoms with Gasteiger partial charge in [0.2, 0.25) is 0 Å². The summed E-state index contributed by atoms with van der Waals surface area (Å²) in [4.78, 5) is 10.5. The summed E-state index contributed by atoms with van der Waals surface area (Å²) in [7, 11) is 0. The fraction of sp³-hybridized carbons (Fsp3) is 0.700. The molecule has 0 radical (unpaired) electrons. The number of ether oxygens (including phenoxy) is 1. The fourth-order valence-corrected chi connectivity index (χ4v) is 0.889. The Balaban J connectivity index is 3.78. The van der Waals surface area contributed by atoms with Crippen molar-refractivity contribution in [2.45, 2.75) is 46.5 Å². The standard InChI is InChI=1S/C10H18O2/c1-4-6-7-10(5-2)8-12-9(3)11/h8H,4-7H2,1-3H3. The average Bonchev–Trinajstić information content (AvgIpc) is 2.05. The van der Waals surface area contributed by atoms with E-state index in [4.69, 9.17) is 4.74 Å². The maximum absolute atomic E-state index is 10.5. The predicted molar refractivity (Wildman–Crippen MR) is 49.7 cm³/mol. The molecule has 0 unspecified atom stereocenters. The van der Waals surface area contributed by atoms with Crippen LogP contribution in [0.4, 0.5) is 0 Å². The van der Waals surface area contributed by atoms with Crippen molar-refractivity contribution in [3.05, 3.63) is 11.8 Å². The quantitative estimate of drug-likeness (QED) is 0.468. The predicted octanol–water partition coefficient (Wildman–Crippen LogP) is 3.03. The number of unbranched alkanes of at least 4 members (excludes halogenated alkanes) is 1. The third-order valence-electron chi connectivity index (χ3n) is 1.70. The second-order valence-electron chi connectivity index (χ2n) is 2.84. The van der Waals surface area contributed by atoms with Gasteiger partial charge in [0.05, 0.1) is 6.26 Å². The molecule has 0 saturated carbocycles. The van der Waals surface area contributed by atoms with Crippen LogP contribution < -0.4 is 0 Å². The molecule has 0 aliphatic heterocycles. The highest BCUT2D eigenvalue weighted by Crippen LogP contribution is 2.10. The van der Waals surface area contributed by atoms with E-state index in [1.807, 2.05) is 0 Å².